The van der Waals surface area contributed by atoms with Gasteiger partial charge in [-0.3, -0.25) is 9.59 Å². The Kier molecular flexibility index (Phi) is 6.31. The molecule has 0 spiro atoms. The Morgan fingerprint density at radius 3 is 2.15 bits per heavy atom. The summed E-state index contributed by atoms with van der Waals surface area (Å²) in [6.07, 6.45) is 5.11. The molecule has 0 aliphatic rings. The number of hydrogen-bond donors (Lipinski definition) is 1. The smallest absolute Gasteiger partial charge is 0.260 e. The van der Waals surface area contributed by atoms with Gasteiger partial charge < -0.3 is 4.98 Å². The molecule has 0 atom stereocenters. The molecule has 0 fully saturated rings. The van der Waals surface area contributed by atoms with Crippen LogP contribution in [0.4, 0.5) is 0 Å². The third kappa shape index (κ3) is 4.74. The maximum atomic E-state index is 13.8. The van der Waals surface area contributed by atoms with E-state index in [1.54, 1.807) is 10.8 Å². The Bertz CT molecular complexity index is 1880. The number of nitrogens with one attached hydrogen (secondary N) is 1. The van der Waals surface area contributed by atoms with Crippen molar-refractivity contribution in [2.75, 3.05) is 0 Å². The molecule has 6 aromatic rings. The first-order valence-corrected chi connectivity index (χ1v) is 12.7. The molecule has 0 saturated heterocycles. The number of H-pyrrole nitrogens is 1. The highest BCUT2D eigenvalue weighted by atomic mass is 16.1. The first-order valence-electron chi connectivity index (χ1n) is 12.7. The zero-order chi connectivity index (χ0) is 26.8. The molecule has 2 heterocycles. The molecule has 4 aromatic carbocycles. The molecule has 6 rings (SSSR count). The highest BCUT2D eigenvalue weighted by Gasteiger charge is 2.20. The number of pyridine rings is 1. The van der Waals surface area contributed by atoms with E-state index < -0.39 is 5.56 Å². The lowest BCUT2D eigenvalue weighted by Gasteiger charge is -2.12. The number of nitrogens with zero attached hydrogens (tertiary/aromatic N) is 2. The third-order valence-corrected chi connectivity index (χ3v) is 6.70. The maximum absolute atomic E-state index is 13.8. The van der Waals surface area contributed by atoms with E-state index in [1.165, 1.54) is 6.08 Å². The zero-order valence-corrected chi connectivity index (χ0v) is 21.3. The van der Waals surface area contributed by atoms with Crippen molar-refractivity contribution < 1.29 is 4.79 Å². The molecule has 0 saturated carbocycles. The number of benzene rings is 4. The van der Waals surface area contributed by atoms with E-state index in [0.717, 1.165) is 39.0 Å². The minimum atomic E-state index is -0.414. The number of aromatic nitrogens is 3. The highest BCUT2D eigenvalue weighted by molar-refractivity contribution is 6.15. The Balaban J connectivity index is 1.49. The molecular formula is C34H25N3O2. The zero-order valence-electron chi connectivity index (χ0n) is 21.3. The van der Waals surface area contributed by atoms with Crippen LogP contribution in [0.5, 0.6) is 0 Å². The molecule has 1 N–H and O–H groups in total. The molecule has 2 aromatic heterocycles. The maximum Gasteiger partial charge on any atom is 0.260 e. The minimum absolute atomic E-state index is 0.118. The lowest BCUT2D eigenvalue weighted by atomic mass is 9.93. The van der Waals surface area contributed by atoms with Gasteiger partial charge in [-0.05, 0) is 48.9 Å². The molecule has 39 heavy (non-hydrogen) atoms. The summed E-state index contributed by atoms with van der Waals surface area (Å²) in [5, 5.41) is 5.65. The largest absolute Gasteiger partial charge is 0.321 e. The summed E-state index contributed by atoms with van der Waals surface area (Å²) in [5.41, 5.74) is 6.25. The van der Waals surface area contributed by atoms with Crippen LogP contribution in [0.25, 0.3) is 45.1 Å². The molecule has 0 unspecified atom stereocenters. The van der Waals surface area contributed by atoms with E-state index in [4.69, 9.17) is 5.10 Å². The highest BCUT2D eigenvalue weighted by Crippen LogP contribution is 2.31. The average molecular weight is 508 g/mol. The Labute approximate surface area is 225 Å². The van der Waals surface area contributed by atoms with Crippen molar-refractivity contribution in [3.63, 3.8) is 0 Å². The van der Waals surface area contributed by atoms with Gasteiger partial charge in [-0.25, -0.2) is 4.68 Å². The number of hydrogen-bond acceptors (Lipinski definition) is 3. The number of carbonyl (C=O) groups is 1. The standard InChI is InChI=1S/C34H25N3O2/c1-23-17-19-29-28(21-23)31(24-11-5-2-6-12-24)32(34(39)35-29)30(38)20-18-26-22-37(27-15-9-4-10-16-27)36-33(26)25-13-7-3-8-14-25/h2-22H,1H3,(H,35,39). The second-order valence-corrected chi connectivity index (χ2v) is 9.40. The Hall–Kier alpha value is -5.29. The van der Waals surface area contributed by atoms with Gasteiger partial charge in [0.1, 0.15) is 0 Å². The predicted octanol–water partition coefficient (Wildman–Crippen LogP) is 7.25. The van der Waals surface area contributed by atoms with Gasteiger partial charge in [0.15, 0.2) is 5.78 Å². The number of fused-ring (bicyclic) bond motifs is 1. The normalized spacial score (nSPS) is 11.3. The van der Waals surface area contributed by atoms with Crippen molar-refractivity contribution in [3.05, 3.63) is 149 Å². The molecule has 5 nitrogen and oxygen atoms in total. The number of aromatic amines is 1. The van der Waals surface area contributed by atoms with Crippen LogP contribution in [0, 0.1) is 6.92 Å². The molecule has 0 bridgehead atoms. The number of ketones is 1. The lowest BCUT2D eigenvalue weighted by Crippen LogP contribution is -2.18. The third-order valence-electron chi connectivity index (χ3n) is 6.70. The fourth-order valence-electron chi connectivity index (χ4n) is 4.84. The molecule has 5 heteroatoms. The van der Waals surface area contributed by atoms with Crippen molar-refractivity contribution in [2.24, 2.45) is 0 Å². The number of allylic oxidation sites excluding steroid dienone is 1. The number of carbonyl (C=O) groups excluding carboxylic acids is 1. The topological polar surface area (TPSA) is 67.8 Å². The number of rotatable bonds is 6. The summed E-state index contributed by atoms with van der Waals surface area (Å²) < 4.78 is 1.80. The fraction of sp³-hybridized carbons (Fsp3) is 0.0294. The van der Waals surface area contributed by atoms with Crippen LogP contribution in [0.2, 0.25) is 0 Å². The van der Waals surface area contributed by atoms with Crippen LogP contribution in [0.15, 0.2) is 126 Å². The van der Waals surface area contributed by atoms with Crippen molar-refractivity contribution in [2.45, 2.75) is 6.92 Å². The molecule has 188 valence electrons. The van der Waals surface area contributed by atoms with Crippen LogP contribution < -0.4 is 5.56 Å². The number of para-hydroxylation sites is 1. The minimum Gasteiger partial charge on any atom is -0.321 e. The van der Waals surface area contributed by atoms with Crippen molar-refractivity contribution in [3.8, 4) is 28.1 Å². The van der Waals surface area contributed by atoms with E-state index >= 15 is 0 Å². The van der Waals surface area contributed by atoms with Crippen LogP contribution >= 0.6 is 0 Å². The lowest BCUT2D eigenvalue weighted by molar-refractivity contribution is 0.104. The van der Waals surface area contributed by atoms with Gasteiger partial charge >= 0.3 is 0 Å². The predicted molar refractivity (Wildman–Crippen MR) is 157 cm³/mol. The first kappa shape index (κ1) is 24.1. The molecule has 0 amide bonds. The van der Waals surface area contributed by atoms with E-state index in [2.05, 4.69) is 4.98 Å². The summed E-state index contributed by atoms with van der Waals surface area (Å²) in [6.45, 7) is 2.00. The second-order valence-electron chi connectivity index (χ2n) is 9.40. The summed E-state index contributed by atoms with van der Waals surface area (Å²) in [4.78, 5) is 30.0. The van der Waals surface area contributed by atoms with E-state index in [9.17, 15) is 9.59 Å². The van der Waals surface area contributed by atoms with Gasteiger partial charge in [0, 0.05) is 33.8 Å². The van der Waals surface area contributed by atoms with Gasteiger partial charge in [0.2, 0.25) is 0 Å². The van der Waals surface area contributed by atoms with Gasteiger partial charge in [-0.2, -0.15) is 5.10 Å². The molecule has 0 radical (unpaired) electrons. The van der Waals surface area contributed by atoms with Crippen LogP contribution in [-0.4, -0.2) is 20.5 Å². The average Bonchev–Trinajstić information content (AvgIpc) is 3.41. The second kappa shape index (κ2) is 10.2. The number of aryl methyl sites for hydroxylation is 1. The van der Waals surface area contributed by atoms with E-state index in [1.807, 2.05) is 122 Å². The van der Waals surface area contributed by atoms with Gasteiger partial charge in [-0.1, -0.05) is 90.5 Å². The van der Waals surface area contributed by atoms with Gasteiger partial charge in [0.05, 0.1) is 16.9 Å². The molecular weight excluding hydrogens is 482 g/mol. The van der Waals surface area contributed by atoms with Crippen LogP contribution in [0.3, 0.4) is 0 Å². The van der Waals surface area contributed by atoms with Crippen molar-refractivity contribution >= 4 is 22.8 Å². The quantitative estimate of drug-likeness (QED) is 0.191. The van der Waals surface area contributed by atoms with Crippen LogP contribution in [-0.2, 0) is 0 Å². The first-order chi connectivity index (χ1) is 19.1. The molecule has 0 aliphatic heterocycles. The van der Waals surface area contributed by atoms with Crippen LogP contribution in [0.1, 0.15) is 21.5 Å². The Morgan fingerprint density at radius 1 is 0.821 bits per heavy atom. The molecule has 0 aliphatic carbocycles. The SMILES string of the molecule is Cc1ccc2[nH]c(=O)c(C(=O)C=Cc3cn(-c4ccccc4)nc3-c3ccccc3)c(-c3ccccc3)c2c1. The summed E-state index contributed by atoms with van der Waals surface area (Å²) in [7, 11) is 0. The summed E-state index contributed by atoms with van der Waals surface area (Å²) >= 11 is 0. The van der Waals surface area contributed by atoms with E-state index in [0.29, 0.717) is 11.1 Å². The fourth-order valence-corrected chi connectivity index (χ4v) is 4.84. The van der Waals surface area contributed by atoms with Crippen molar-refractivity contribution in [1.82, 2.24) is 14.8 Å². The van der Waals surface area contributed by atoms with Gasteiger partial charge in [-0.15, -0.1) is 0 Å². The van der Waals surface area contributed by atoms with E-state index in [-0.39, 0.29) is 11.3 Å². The monoisotopic (exact) mass is 507 g/mol. The summed E-state index contributed by atoms with van der Waals surface area (Å²) in [5.74, 6) is -0.370. The summed E-state index contributed by atoms with van der Waals surface area (Å²) in [6, 6.07) is 35.1. The Morgan fingerprint density at radius 2 is 1.46 bits per heavy atom. The van der Waals surface area contributed by atoms with Crippen molar-refractivity contribution in [1.29, 1.82) is 0 Å². The van der Waals surface area contributed by atoms with Gasteiger partial charge in [0.25, 0.3) is 5.56 Å².